The van der Waals surface area contributed by atoms with E-state index < -0.39 is 34.3 Å². The van der Waals surface area contributed by atoms with Gasteiger partial charge in [-0.05, 0) is 41.5 Å². The Hall–Kier alpha value is -1.72. The van der Waals surface area contributed by atoms with E-state index in [2.05, 4.69) is 0 Å². The lowest BCUT2D eigenvalue weighted by molar-refractivity contribution is -0.183. The number of hydrogen-bond donors (Lipinski definition) is 0. The number of ether oxygens (including phenoxy) is 2. The number of hydrogen-bond acceptors (Lipinski definition) is 6. The first kappa shape index (κ1) is 18.3. The van der Waals surface area contributed by atoms with Gasteiger partial charge in [-0.15, -0.1) is 0 Å². The summed E-state index contributed by atoms with van der Waals surface area (Å²) >= 11 is 0. The number of carbonyl (C=O) groups is 4. The van der Waals surface area contributed by atoms with Gasteiger partial charge in [-0.25, -0.2) is 0 Å². The van der Waals surface area contributed by atoms with Gasteiger partial charge in [-0.1, -0.05) is 0 Å². The fourth-order valence-electron chi connectivity index (χ4n) is 1.95. The summed E-state index contributed by atoms with van der Waals surface area (Å²) in [6.07, 6.45) is 0. The van der Waals surface area contributed by atoms with E-state index in [9.17, 15) is 19.2 Å². The minimum absolute atomic E-state index is 0.0402. The van der Waals surface area contributed by atoms with Gasteiger partial charge in [0.1, 0.15) is 22.4 Å². The first-order valence-corrected chi connectivity index (χ1v) is 6.47. The van der Waals surface area contributed by atoms with E-state index in [0.29, 0.717) is 0 Å². The van der Waals surface area contributed by atoms with Crippen molar-refractivity contribution in [2.45, 2.75) is 41.5 Å². The Morgan fingerprint density at radius 3 is 1.15 bits per heavy atom. The molecule has 0 aromatic rings. The second kappa shape index (κ2) is 6.63. The van der Waals surface area contributed by atoms with Gasteiger partial charge in [0.05, 0.1) is 13.2 Å². The molecule has 0 saturated carbocycles. The molecular weight excluding hydrogens is 264 g/mol. The summed E-state index contributed by atoms with van der Waals surface area (Å²) in [7, 11) is 0. The minimum atomic E-state index is -1.92. The van der Waals surface area contributed by atoms with Crippen molar-refractivity contribution < 1.29 is 28.7 Å². The van der Waals surface area contributed by atoms with E-state index in [1.807, 2.05) is 0 Å². The van der Waals surface area contributed by atoms with Crippen LogP contribution in [0.25, 0.3) is 0 Å². The molecule has 114 valence electrons. The molecule has 0 N–H and O–H groups in total. The third-order valence-corrected chi connectivity index (χ3v) is 3.78. The fraction of sp³-hybridized carbons (Fsp3) is 0.714. The average molecular weight is 286 g/mol. The van der Waals surface area contributed by atoms with Crippen molar-refractivity contribution in [3.63, 3.8) is 0 Å². The van der Waals surface area contributed by atoms with E-state index in [4.69, 9.17) is 9.47 Å². The summed E-state index contributed by atoms with van der Waals surface area (Å²) in [6.45, 7) is 8.02. The number of rotatable bonds is 7. The van der Waals surface area contributed by atoms with Crippen LogP contribution in [0.3, 0.4) is 0 Å². The molecule has 0 spiro atoms. The molecule has 0 heterocycles. The Kier molecular flexibility index (Phi) is 6.06. The molecule has 6 nitrogen and oxygen atoms in total. The van der Waals surface area contributed by atoms with Crippen molar-refractivity contribution in [3.8, 4) is 0 Å². The highest BCUT2D eigenvalue weighted by atomic mass is 16.5. The topological polar surface area (TPSA) is 86.7 Å². The van der Waals surface area contributed by atoms with Crippen LogP contribution in [0.15, 0.2) is 0 Å². The number of esters is 2. The SMILES string of the molecule is CCOC(=O)C(C)(C(C)=O)C(C)(C(C)=O)C(=O)OCC. The fourth-order valence-corrected chi connectivity index (χ4v) is 1.95. The molecule has 2 unspecified atom stereocenters. The van der Waals surface area contributed by atoms with E-state index in [1.54, 1.807) is 13.8 Å². The summed E-state index contributed by atoms with van der Waals surface area (Å²) in [5, 5.41) is 0. The molecule has 0 saturated heterocycles. The average Bonchev–Trinajstić information content (AvgIpc) is 2.36. The highest BCUT2D eigenvalue weighted by Gasteiger charge is 2.63. The van der Waals surface area contributed by atoms with E-state index >= 15 is 0 Å². The Morgan fingerprint density at radius 1 is 0.750 bits per heavy atom. The largest absolute Gasteiger partial charge is 0.465 e. The first-order valence-electron chi connectivity index (χ1n) is 6.47. The number of ketones is 2. The van der Waals surface area contributed by atoms with Crippen LogP contribution >= 0.6 is 0 Å². The molecule has 6 heteroatoms. The van der Waals surface area contributed by atoms with Crippen LogP contribution in [-0.2, 0) is 28.7 Å². The molecule has 0 fully saturated rings. The molecule has 0 amide bonds. The van der Waals surface area contributed by atoms with Gasteiger partial charge in [0.25, 0.3) is 0 Å². The maximum absolute atomic E-state index is 12.2. The van der Waals surface area contributed by atoms with Gasteiger partial charge < -0.3 is 9.47 Å². The molecule has 0 rings (SSSR count). The van der Waals surface area contributed by atoms with Crippen molar-refractivity contribution in [1.82, 2.24) is 0 Å². The Bertz CT molecular complexity index is 387. The zero-order valence-corrected chi connectivity index (χ0v) is 12.9. The molecule has 0 aliphatic heterocycles. The van der Waals surface area contributed by atoms with Crippen LogP contribution in [-0.4, -0.2) is 36.7 Å². The molecule has 0 aliphatic rings. The van der Waals surface area contributed by atoms with Crippen molar-refractivity contribution in [2.24, 2.45) is 10.8 Å². The lowest BCUT2D eigenvalue weighted by atomic mass is 9.61. The summed E-state index contributed by atoms with van der Waals surface area (Å²) in [6, 6.07) is 0. The van der Waals surface area contributed by atoms with E-state index in [1.165, 1.54) is 13.8 Å². The quantitative estimate of drug-likeness (QED) is 0.518. The lowest BCUT2D eigenvalue weighted by Crippen LogP contribution is -2.57. The third kappa shape index (κ3) is 2.73. The van der Waals surface area contributed by atoms with Gasteiger partial charge in [-0.2, -0.15) is 0 Å². The monoisotopic (exact) mass is 286 g/mol. The molecule has 0 aromatic heterocycles. The van der Waals surface area contributed by atoms with Crippen LogP contribution in [0.1, 0.15) is 41.5 Å². The zero-order chi connectivity index (χ0) is 16.1. The van der Waals surface area contributed by atoms with Crippen LogP contribution in [0.4, 0.5) is 0 Å². The van der Waals surface area contributed by atoms with Gasteiger partial charge in [0.15, 0.2) is 0 Å². The van der Waals surface area contributed by atoms with E-state index in [0.717, 1.165) is 13.8 Å². The molecule has 20 heavy (non-hydrogen) atoms. The van der Waals surface area contributed by atoms with Crippen molar-refractivity contribution >= 4 is 23.5 Å². The highest BCUT2D eigenvalue weighted by Crippen LogP contribution is 2.43. The van der Waals surface area contributed by atoms with Crippen LogP contribution in [0.5, 0.6) is 0 Å². The van der Waals surface area contributed by atoms with Gasteiger partial charge in [-0.3, -0.25) is 19.2 Å². The highest BCUT2D eigenvalue weighted by molar-refractivity contribution is 6.16. The summed E-state index contributed by atoms with van der Waals surface area (Å²) in [4.78, 5) is 48.3. The molecule has 0 bridgehead atoms. The van der Waals surface area contributed by atoms with Crippen LogP contribution in [0, 0.1) is 10.8 Å². The van der Waals surface area contributed by atoms with Gasteiger partial charge >= 0.3 is 11.9 Å². The Balaban J connectivity index is 6.07. The molecular formula is C14H22O6. The number of carbonyl (C=O) groups excluding carboxylic acids is 4. The smallest absolute Gasteiger partial charge is 0.320 e. The maximum atomic E-state index is 12.2. The number of Topliss-reactive ketones (excluding diaryl/α,β-unsaturated/α-hetero) is 2. The molecule has 0 aliphatic carbocycles. The van der Waals surface area contributed by atoms with Crippen LogP contribution in [0.2, 0.25) is 0 Å². The molecule has 2 atom stereocenters. The lowest BCUT2D eigenvalue weighted by Gasteiger charge is -2.38. The molecule has 0 radical (unpaired) electrons. The van der Waals surface area contributed by atoms with Crippen molar-refractivity contribution in [2.75, 3.05) is 13.2 Å². The second-order valence-electron chi connectivity index (χ2n) is 4.80. The normalized spacial score (nSPS) is 16.5. The van der Waals surface area contributed by atoms with Crippen molar-refractivity contribution in [1.29, 1.82) is 0 Å². The van der Waals surface area contributed by atoms with Crippen LogP contribution < -0.4 is 0 Å². The predicted octanol–water partition coefficient (Wildman–Crippen LogP) is 1.30. The van der Waals surface area contributed by atoms with E-state index in [-0.39, 0.29) is 13.2 Å². The van der Waals surface area contributed by atoms with Crippen molar-refractivity contribution in [3.05, 3.63) is 0 Å². The zero-order valence-electron chi connectivity index (χ0n) is 12.9. The second-order valence-corrected chi connectivity index (χ2v) is 4.80. The van der Waals surface area contributed by atoms with Gasteiger partial charge in [0.2, 0.25) is 0 Å². The summed E-state index contributed by atoms with van der Waals surface area (Å²) in [5.41, 5.74) is -3.83. The Morgan fingerprint density at radius 2 is 1.00 bits per heavy atom. The maximum Gasteiger partial charge on any atom is 0.320 e. The Labute approximate surface area is 118 Å². The minimum Gasteiger partial charge on any atom is -0.465 e. The molecule has 0 aromatic carbocycles. The predicted molar refractivity (Wildman–Crippen MR) is 70.8 cm³/mol. The third-order valence-electron chi connectivity index (χ3n) is 3.78. The first-order chi connectivity index (χ1) is 9.10. The van der Waals surface area contributed by atoms with Gasteiger partial charge in [0, 0.05) is 0 Å². The summed E-state index contributed by atoms with van der Waals surface area (Å²) in [5.74, 6) is -3.06. The standard InChI is InChI=1S/C14H22O6/c1-7-19-11(17)13(5,9(3)15)14(6,10(4)16)12(18)20-8-2/h7-8H2,1-6H3. The summed E-state index contributed by atoms with van der Waals surface area (Å²) < 4.78 is 9.75.